The molecule has 0 aliphatic carbocycles. The minimum Gasteiger partial charge on any atom is -0.486 e. The van der Waals surface area contributed by atoms with Gasteiger partial charge in [-0.1, -0.05) is 13.8 Å². The van der Waals surface area contributed by atoms with E-state index in [1.54, 1.807) is 0 Å². The molecule has 5 heteroatoms. The van der Waals surface area contributed by atoms with Gasteiger partial charge in [-0.25, -0.2) is 0 Å². The Morgan fingerprint density at radius 1 is 1.35 bits per heavy atom. The smallest absolute Gasteiger partial charge is 0.148 e. The van der Waals surface area contributed by atoms with Crippen molar-refractivity contribution in [1.29, 1.82) is 0 Å². The molecule has 0 spiro atoms. The van der Waals surface area contributed by atoms with Crippen LogP contribution in [0.5, 0.6) is 5.75 Å². The van der Waals surface area contributed by atoms with Gasteiger partial charge in [0.15, 0.2) is 0 Å². The summed E-state index contributed by atoms with van der Waals surface area (Å²) < 4.78 is 13.3. The van der Waals surface area contributed by atoms with E-state index in [0.717, 1.165) is 40.8 Å². The first-order chi connectivity index (χ1) is 9.56. The predicted molar refractivity (Wildman–Crippen MR) is 88.2 cm³/mol. The van der Waals surface area contributed by atoms with Crippen molar-refractivity contribution in [3.63, 3.8) is 0 Å². The Morgan fingerprint density at radius 2 is 2.05 bits per heavy atom. The summed E-state index contributed by atoms with van der Waals surface area (Å²) in [4.78, 5) is 0. The quantitative estimate of drug-likeness (QED) is 0.770. The molecule has 1 N–H and O–H groups in total. The summed E-state index contributed by atoms with van der Waals surface area (Å²) in [5.41, 5.74) is 1.24. The fraction of sp³-hybridized carbons (Fsp3) is 0.600. The molecular formula is C15H21Br2NO2. The molecule has 3 nitrogen and oxygen atoms in total. The van der Waals surface area contributed by atoms with Crippen LogP contribution in [0, 0.1) is 5.92 Å². The second-order valence-corrected chi connectivity index (χ2v) is 7.23. The summed E-state index contributed by atoms with van der Waals surface area (Å²) in [6.45, 7) is 7.77. The highest BCUT2D eigenvalue weighted by Crippen LogP contribution is 2.36. The number of hydrogen-bond acceptors (Lipinski definition) is 3. The topological polar surface area (TPSA) is 30.5 Å². The Kier molecular flexibility index (Phi) is 6.33. The van der Waals surface area contributed by atoms with Crippen LogP contribution in [0.1, 0.15) is 25.8 Å². The number of rotatable bonds is 6. The van der Waals surface area contributed by atoms with Crippen molar-refractivity contribution >= 4 is 31.9 Å². The van der Waals surface area contributed by atoms with Crippen molar-refractivity contribution in [1.82, 2.24) is 5.32 Å². The molecule has 1 aromatic carbocycles. The highest BCUT2D eigenvalue weighted by atomic mass is 79.9. The Bertz CT molecular complexity index is 422. The number of nitrogens with one attached hydrogen (secondary N) is 1. The van der Waals surface area contributed by atoms with Gasteiger partial charge in [0.25, 0.3) is 0 Å². The zero-order valence-electron chi connectivity index (χ0n) is 11.9. The summed E-state index contributed by atoms with van der Waals surface area (Å²) in [5.74, 6) is 1.53. The number of ether oxygens (including phenoxy) is 2. The van der Waals surface area contributed by atoms with Crippen molar-refractivity contribution in [3.05, 3.63) is 26.6 Å². The van der Waals surface area contributed by atoms with Gasteiger partial charge in [0.2, 0.25) is 0 Å². The fourth-order valence-corrected chi connectivity index (χ4v) is 3.57. The average Bonchev–Trinajstić information content (AvgIpc) is 2.86. The Hall–Kier alpha value is -0.100. The molecule has 0 amide bonds. The maximum Gasteiger partial charge on any atom is 0.148 e. The molecule has 1 aliphatic heterocycles. The molecular weight excluding hydrogens is 386 g/mol. The van der Waals surface area contributed by atoms with Crippen LogP contribution in [-0.2, 0) is 11.3 Å². The van der Waals surface area contributed by atoms with Crippen LogP contribution in [0.4, 0.5) is 0 Å². The SMILES string of the molecule is CC(C)CNCc1cc(Br)c(OC2CCOC2)c(Br)c1. The van der Waals surface area contributed by atoms with Crippen LogP contribution >= 0.6 is 31.9 Å². The van der Waals surface area contributed by atoms with Crippen molar-refractivity contribution in [2.45, 2.75) is 32.9 Å². The first-order valence-corrected chi connectivity index (χ1v) is 8.58. The molecule has 1 saturated heterocycles. The monoisotopic (exact) mass is 405 g/mol. The lowest BCUT2D eigenvalue weighted by atomic mass is 10.2. The van der Waals surface area contributed by atoms with Gasteiger partial charge in [0.1, 0.15) is 11.9 Å². The van der Waals surface area contributed by atoms with E-state index in [0.29, 0.717) is 12.5 Å². The second kappa shape index (κ2) is 7.78. The summed E-state index contributed by atoms with van der Waals surface area (Å²) >= 11 is 7.21. The van der Waals surface area contributed by atoms with E-state index in [1.807, 2.05) is 0 Å². The van der Waals surface area contributed by atoms with Crippen LogP contribution < -0.4 is 10.1 Å². The third-order valence-corrected chi connectivity index (χ3v) is 4.29. The first-order valence-electron chi connectivity index (χ1n) is 6.99. The van der Waals surface area contributed by atoms with E-state index in [1.165, 1.54) is 5.56 Å². The van der Waals surface area contributed by atoms with Crippen molar-refractivity contribution in [2.75, 3.05) is 19.8 Å². The van der Waals surface area contributed by atoms with Crippen LogP contribution in [0.15, 0.2) is 21.1 Å². The lowest BCUT2D eigenvalue weighted by Crippen LogP contribution is -2.19. The van der Waals surface area contributed by atoms with Gasteiger partial charge in [-0.15, -0.1) is 0 Å². The minimum absolute atomic E-state index is 0.160. The van der Waals surface area contributed by atoms with E-state index in [9.17, 15) is 0 Å². The summed E-state index contributed by atoms with van der Waals surface area (Å²) in [6.07, 6.45) is 1.11. The van der Waals surface area contributed by atoms with Crippen LogP contribution in [0.2, 0.25) is 0 Å². The fourth-order valence-electron chi connectivity index (χ4n) is 2.10. The largest absolute Gasteiger partial charge is 0.486 e. The third kappa shape index (κ3) is 4.72. The minimum atomic E-state index is 0.160. The van der Waals surface area contributed by atoms with Crippen LogP contribution in [0.3, 0.4) is 0 Å². The molecule has 0 saturated carbocycles. The highest BCUT2D eigenvalue weighted by Gasteiger charge is 2.20. The average molecular weight is 407 g/mol. The van der Waals surface area contributed by atoms with Crippen molar-refractivity contribution in [2.24, 2.45) is 5.92 Å². The van der Waals surface area contributed by atoms with Gasteiger partial charge in [-0.2, -0.15) is 0 Å². The van der Waals surface area contributed by atoms with E-state index in [2.05, 4.69) is 63.2 Å². The molecule has 20 heavy (non-hydrogen) atoms. The lowest BCUT2D eigenvalue weighted by Gasteiger charge is -2.16. The van der Waals surface area contributed by atoms with Gasteiger partial charge < -0.3 is 14.8 Å². The number of halogens is 2. The van der Waals surface area contributed by atoms with Crippen LogP contribution in [-0.4, -0.2) is 25.9 Å². The maximum absolute atomic E-state index is 6.00. The van der Waals surface area contributed by atoms with Gasteiger partial charge in [0, 0.05) is 13.0 Å². The van der Waals surface area contributed by atoms with Gasteiger partial charge >= 0.3 is 0 Å². The highest BCUT2D eigenvalue weighted by molar-refractivity contribution is 9.11. The Morgan fingerprint density at radius 3 is 2.60 bits per heavy atom. The molecule has 1 aliphatic rings. The predicted octanol–water partition coefficient (Wildman–Crippen LogP) is 4.12. The van der Waals surface area contributed by atoms with Crippen molar-refractivity contribution < 1.29 is 9.47 Å². The van der Waals surface area contributed by atoms with E-state index in [-0.39, 0.29) is 6.10 Å². The molecule has 1 fully saturated rings. The molecule has 1 aromatic rings. The molecule has 0 radical (unpaired) electrons. The number of benzene rings is 1. The molecule has 0 bridgehead atoms. The summed E-state index contributed by atoms with van der Waals surface area (Å²) in [5, 5.41) is 3.45. The molecule has 1 unspecified atom stereocenters. The lowest BCUT2D eigenvalue weighted by molar-refractivity contribution is 0.140. The summed E-state index contributed by atoms with van der Waals surface area (Å²) in [7, 11) is 0. The number of hydrogen-bond donors (Lipinski definition) is 1. The molecule has 112 valence electrons. The standard InChI is InChI=1S/C15H21Br2NO2/c1-10(2)7-18-8-11-5-13(16)15(14(17)6-11)20-12-3-4-19-9-12/h5-6,10,12,18H,3-4,7-9H2,1-2H3. The zero-order valence-corrected chi connectivity index (χ0v) is 15.1. The van der Waals surface area contributed by atoms with E-state index in [4.69, 9.17) is 9.47 Å². The molecule has 1 atom stereocenters. The molecule has 2 rings (SSSR count). The molecule has 0 aromatic heterocycles. The Balaban J connectivity index is 2.00. The molecule has 1 heterocycles. The third-order valence-electron chi connectivity index (χ3n) is 3.11. The van der Waals surface area contributed by atoms with Gasteiger partial charge in [0.05, 0.1) is 22.2 Å². The second-order valence-electron chi connectivity index (χ2n) is 5.52. The van der Waals surface area contributed by atoms with Crippen molar-refractivity contribution in [3.8, 4) is 5.75 Å². The van der Waals surface area contributed by atoms with Crippen LogP contribution in [0.25, 0.3) is 0 Å². The van der Waals surface area contributed by atoms with Gasteiger partial charge in [-0.05, 0) is 62.0 Å². The summed E-state index contributed by atoms with van der Waals surface area (Å²) in [6, 6.07) is 4.23. The van der Waals surface area contributed by atoms with Gasteiger partial charge in [-0.3, -0.25) is 0 Å². The Labute approximate surface area is 137 Å². The maximum atomic E-state index is 6.00. The van der Waals surface area contributed by atoms with E-state index >= 15 is 0 Å². The normalized spacial score (nSPS) is 18.8. The first kappa shape index (κ1) is 16.3. The zero-order chi connectivity index (χ0) is 14.5. The van der Waals surface area contributed by atoms with E-state index < -0.39 is 0 Å².